The van der Waals surface area contributed by atoms with Gasteiger partial charge in [-0.1, -0.05) is 20.8 Å². The highest BCUT2D eigenvalue weighted by Crippen LogP contribution is 2.23. The maximum Gasteiger partial charge on any atom is 0.276 e. The number of hydrogen-bond acceptors (Lipinski definition) is 4. The molecule has 114 valence electrons. The van der Waals surface area contributed by atoms with Crippen molar-refractivity contribution in [3.05, 3.63) is 17.9 Å². The molecule has 0 saturated heterocycles. The van der Waals surface area contributed by atoms with E-state index in [1.807, 2.05) is 20.8 Å². The van der Waals surface area contributed by atoms with Gasteiger partial charge in [-0.3, -0.25) is 0 Å². The van der Waals surface area contributed by atoms with Gasteiger partial charge in [-0.25, -0.2) is 8.42 Å². The zero-order valence-electron chi connectivity index (χ0n) is 12.6. The van der Waals surface area contributed by atoms with E-state index in [-0.39, 0.29) is 10.5 Å². The minimum Gasteiger partial charge on any atom is -0.447 e. The largest absolute Gasteiger partial charge is 0.447 e. The van der Waals surface area contributed by atoms with Crippen molar-refractivity contribution >= 4 is 10.0 Å². The lowest BCUT2D eigenvalue weighted by atomic mass is 9.97. The molecule has 0 spiro atoms. The molecule has 1 aliphatic rings. The fourth-order valence-electron chi connectivity index (χ4n) is 2.03. The van der Waals surface area contributed by atoms with Crippen molar-refractivity contribution < 1.29 is 12.8 Å². The molecule has 0 aliphatic heterocycles. The van der Waals surface area contributed by atoms with E-state index in [0.717, 1.165) is 0 Å². The molecule has 1 aliphatic carbocycles. The second-order valence-electron chi connectivity index (χ2n) is 6.70. The standard InChI is InChI=1S/C14H24N2O3S/c1-14(2,3)10-16(4)20(17,18)13-8-7-12(19-13)9-15-11-5-6-11/h7-8,11,15H,5-6,9-10H2,1-4H3. The molecule has 1 heterocycles. The maximum absolute atomic E-state index is 12.4. The molecular formula is C14H24N2O3S. The molecule has 0 bridgehead atoms. The Labute approximate surface area is 121 Å². The summed E-state index contributed by atoms with van der Waals surface area (Å²) in [7, 11) is -1.95. The molecule has 0 amide bonds. The predicted octanol–water partition coefficient (Wildman–Crippen LogP) is 2.20. The molecule has 1 aromatic rings. The molecule has 0 unspecified atom stereocenters. The molecule has 1 saturated carbocycles. The molecule has 1 aromatic heterocycles. The van der Waals surface area contributed by atoms with Crippen LogP contribution in [0.1, 0.15) is 39.4 Å². The number of rotatable bonds is 6. The van der Waals surface area contributed by atoms with Gasteiger partial charge in [0.05, 0.1) is 6.54 Å². The summed E-state index contributed by atoms with van der Waals surface area (Å²) in [6.07, 6.45) is 2.39. The number of hydrogen-bond donors (Lipinski definition) is 1. The Hall–Kier alpha value is -0.850. The first-order chi connectivity index (χ1) is 9.18. The van der Waals surface area contributed by atoms with Gasteiger partial charge >= 0.3 is 0 Å². The summed E-state index contributed by atoms with van der Waals surface area (Å²) in [4.78, 5) is 0. The van der Waals surface area contributed by atoms with E-state index in [1.54, 1.807) is 19.2 Å². The van der Waals surface area contributed by atoms with E-state index in [0.29, 0.717) is 24.9 Å². The van der Waals surface area contributed by atoms with Gasteiger partial charge in [0, 0.05) is 19.6 Å². The van der Waals surface area contributed by atoms with Crippen LogP contribution in [0.2, 0.25) is 0 Å². The highest BCUT2D eigenvalue weighted by molar-refractivity contribution is 7.89. The third-order valence-electron chi connectivity index (χ3n) is 3.14. The van der Waals surface area contributed by atoms with E-state index in [4.69, 9.17) is 4.42 Å². The molecule has 0 radical (unpaired) electrons. The smallest absolute Gasteiger partial charge is 0.276 e. The Bertz CT molecular complexity index is 553. The molecule has 1 fully saturated rings. The average Bonchev–Trinajstić information content (AvgIpc) is 3.01. The molecule has 6 heteroatoms. The third kappa shape index (κ3) is 4.07. The molecule has 0 atom stereocenters. The number of nitrogens with one attached hydrogen (secondary N) is 1. The number of sulfonamides is 1. The Morgan fingerprint density at radius 1 is 1.35 bits per heavy atom. The first-order valence-electron chi connectivity index (χ1n) is 6.97. The van der Waals surface area contributed by atoms with Gasteiger partial charge in [0.15, 0.2) is 0 Å². The highest BCUT2D eigenvalue weighted by atomic mass is 32.2. The van der Waals surface area contributed by atoms with Crippen LogP contribution < -0.4 is 5.32 Å². The maximum atomic E-state index is 12.4. The zero-order chi connectivity index (χ0) is 15.0. The monoisotopic (exact) mass is 300 g/mol. The molecule has 0 aromatic carbocycles. The van der Waals surface area contributed by atoms with Crippen LogP contribution >= 0.6 is 0 Å². The van der Waals surface area contributed by atoms with Gasteiger partial charge in [-0.2, -0.15) is 4.31 Å². The summed E-state index contributed by atoms with van der Waals surface area (Å²) >= 11 is 0. The van der Waals surface area contributed by atoms with Crippen molar-refractivity contribution in [1.29, 1.82) is 0 Å². The Balaban J connectivity index is 2.04. The van der Waals surface area contributed by atoms with E-state index in [9.17, 15) is 8.42 Å². The Morgan fingerprint density at radius 3 is 2.55 bits per heavy atom. The van der Waals surface area contributed by atoms with Crippen LogP contribution in [0.4, 0.5) is 0 Å². The third-order valence-corrected chi connectivity index (χ3v) is 4.82. The predicted molar refractivity (Wildman–Crippen MR) is 77.8 cm³/mol. The van der Waals surface area contributed by atoms with E-state index >= 15 is 0 Å². The van der Waals surface area contributed by atoms with E-state index in [1.165, 1.54) is 17.1 Å². The van der Waals surface area contributed by atoms with Gasteiger partial charge in [0.1, 0.15) is 5.76 Å². The Morgan fingerprint density at radius 2 is 2.00 bits per heavy atom. The second kappa shape index (κ2) is 5.50. The van der Waals surface area contributed by atoms with Crippen LogP contribution in [0.25, 0.3) is 0 Å². The van der Waals surface area contributed by atoms with Crippen LogP contribution in [-0.2, 0) is 16.6 Å². The van der Waals surface area contributed by atoms with Crippen molar-refractivity contribution in [2.24, 2.45) is 5.41 Å². The normalized spacial score (nSPS) is 16.9. The Kier molecular flexibility index (Phi) is 4.27. The van der Waals surface area contributed by atoms with E-state index < -0.39 is 10.0 Å². The summed E-state index contributed by atoms with van der Waals surface area (Å²) in [6, 6.07) is 3.84. The van der Waals surface area contributed by atoms with Crippen LogP contribution in [0.5, 0.6) is 0 Å². The van der Waals surface area contributed by atoms with Gasteiger partial charge in [0.2, 0.25) is 5.09 Å². The lowest BCUT2D eigenvalue weighted by molar-refractivity contribution is 0.301. The summed E-state index contributed by atoms with van der Waals surface area (Å²) in [5.74, 6) is 0.666. The molecule has 1 N–H and O–H groups in total. The van der Waals surface area contributed by atoms with Gasteiger partial charge < -0.3 is 9.73 Å². The van der Waals surface area contributed by atoms with Crippen LogP contribution in [0, 0.1) is 5.41 Å². The topological polar surface area (TPSA) is 62.6 Å². The summed E-state index contributed by atoms with van der Waals surface area (Å²) in [5, 5.41) is 3.33. The quantitative estimate of drug-likeness (QED) is 0.875. The van der Waals surface area contributed by atoms with Crippen molar-refractivity contribution in [2.75, 3.05) is 13.6 Å². The minimum absolute atomic E-state index is 0.0249. The lowest BCUT2D eigenvalue weighted by Gasteiger charge is -2.25. The first-order valence-corrected chi connectivity index (χ1v) is 8.41. The first kappa shape index (κ1) is 15.5. The van der Waals surface area contributed by atoms with Crippen LogP contribution in [0.15, 0.2) is 21.6 Å². The van der Waals surface area contributed by atoms with Crippen LogP contribution in [-0.4, -0.2) is 32.4 Å². The lowest BCUT2D eigenvalue weighted by Crippen LogP contribution is -2.34. The summed E-state index contributed by atoms with van der Waals surface area (Å²) < 4.78 is 31.6. The fraction of sp³-hybridized carbons (Fsp3) is 0.714. The molecule has 2 rings (SSSR count). The van der Waals surface area contributed by atoms with Crippen molar-refractivity contribution in [3.63, 3.8) is 0 Å². The fourth-order valence-corrected chi connectivity index (χ4v) is 3.35. The van der Waals surface area contributed by atoms with E-state index in [2.05, 4.69) is 5.32 Å². The van der Waals surface area contributed by atoms with Crippen molar-refractivity contribution in [3.8, 4) is 0 Å². The SMILES string of the molecule is CN(CC(C)(C)C)S(=O)(=O)c1ccc(CNC2CC2)o1. The van der Waals surface area contributed by atoms with Gasteiger partial charge in [-0.05, 0) is 30.4 Å². The summed E-state index contributed by atoms with van der Waals surface area (Å²) in [5.41, 5.74) is -0.0925. The van der Waals surface area contributed by atoms with Crippen molar-refractivity contribution in [1.82, 2.24) is 9.62 Å². The second-order valence-corrected chi connectivity index (χ2v) is 8.67. The molecule has 20 heavy (non-hydrogen) atoms. The molecular weight excluding hydrogens is 276 g/mol. The summed E-state index contributed by atoms with van der Waals surface area (Å²) in [6.45, 7) is 7.05. The zero-order valence-corrected chi connectivity index (χ0v) is 13.5. The number of nitrogens with zero attached hydrogens (tertiary/aromatic N) is 1. The number of furan rings is 1. The van der Waals surface area contributed by atoms with Crippen molar-refractivity contribution in [2.45, 2.75) is 51.3 Å². The molecule has 5 nitrogen and oxygen atoms in total. The van der Waals surface area contributed by atoms with Gasteiger partial charge in [-0.15, -0.1) is 0 Å². The van der Waals surface area contributed by atoms with Crippen LogP contribution in [0.3, 0.4) is 0 Å². The highest BCUT2D eigenvalue weighted by Gasteiger charge is 2.28. The minimum atomic E-state index is -3.54. The average molecular weight is 300 g/mol. The van der Waals surface area contributed by atoms with Gasteiger partial charge in [0.25, 0.3) is 10.0 Å².